The number of H-pyrrole nitrogens is 2. The standard InChI is InChI=1S/C30H26F2N8O3S/c1-3-4-23(41)36-20-12-18(13-33-14-20)26-25(32)24-22(15-35-26)39-40-29(24)30-37-21-5-7-34-27(28(21)38-30)17-9-16(10-19(31)11-17)6-8-44(2,42)43/h5,7,9-15H,3-4,6,8H2,1-2H3,(H,36,41)(H,37,38)(H,39,40). The number of carbonyl (C=O) groups is 1. The SMILES string of the molecule is CCCC(=O)Nc1cncc(-c2ncc3[nH]nc(-c4nc5c(-c6cc(F)cc(CCS(C)(=O)=O)c6)nccc5[nH]4)c3c2F)c1. The van der Waals surface area contributed by atoms with E-state index in [2.05, 4.69) is 40.4 Å². The molecule has 0 spiro atoms. The van der Waals surface area contributed by atoms with Gasteiger partial charge in [-0.05, 0) is 48.7 Å². The van der Waals surface area contributed by atoms with Gasteiger partial charge in [-0.3, -0.25) is 24.8 Å². The van der Waals surface area contributed by atoms with Crippen molar-refractivity contribution in [2.45, 2.75) is 26.2 Å². The van der Waals surface area contributed by atoms with Gasteiger partial charge in [0.05, 0.1) is 45.9 Å². The van der Waals surface area contributed by atoms with Crippen molar-refractivity contribution in [2.75, 3.05) is 17.3 Å². The van der Waals surface area contributed by atoms with Gasteiger partial charge in [0.25, 0.3) is 0 Å². The van der Waals surface area contributed by atoms with Crippen molar-refractivity contribution >= 4 is 43.4 Å². The lowest BCUT2D eigenvalue weighted by Gasteiger charge is -2.07. The van der Waals surface area contributed by atoms with Gasteiger partial charge in [-0.25, -0.2) is 22.2 Å². The Morgan fingerprint density at radius 1 is 0.977 bits per heavy atom. The van der Waals surface area contributed by atoms with Crippen LogP contribution in [-0.4, -0.2) is 61.5 Å². The first-order valence-electron chi connectivity index (χ1n) is 13.7. The molecule has 0 unspecified atom stereocenters. The van der Waals surface area contributed by atoms with Crippen molar-refractivity contribution < 1.29 is 22.0 Å². The van der Waals surface area contributed by atoms with E-state index >= 15 is 4.39 Å². The van der Waals surface area contributed by atoms with Crippen molar-refractivity contribution in [3.63, 3.8) is 0 Å². The molecule has 6 rings (SSSR count). The van der Waals surface area contributed by atoms with E-state index < -0.39 is 21.5 Å². The molecule has 14 heteroatoms. The highest BCUT2D eigenvalue weighted by Gasteiger charge is 2.22. The molecule has 0 bridgehead atoms. The van der Waals surface area contributed by atoms with E-state index in [0.29, 0.717) is 57.5 Å². The first-order valence-corrected chi connectivity index (χ1v) is 15.8. The number of aryl methyl sites for hydroxylation is 1. The molecule has 0 aliphatic rings. The van der Waals surface area contributed by atoms with E-state index in [1.807, 2.05) is 6.92 Å². The fraction of sp³-hybridized carbons (Fsp3) is 0.200. The van der Waals surface area contributed by atoms with Crippen LogP contribution in [0, 0.1) is 11.6 Å². The van der Waals surface area contributed by atoms with Crippen LogP contribution in [0.4, 0.5) is 14.5 Å². The van der Waals surface area contributed by atoms with Crippen molar-refractivity contribution in [3.8, 4) is 34.0 Å². The third kappa shape index (κ3) is 5.88. The molecule has 1 amide bonds. The molecule has 0 aliphatic carbocycles. The average molecular weight is 617 g/mol. The number of aromatic amines is 2. The number of benzene rings is 1. The van der Waals surface area contributed by atoms with Crippen molar-refractivity contribution in [3.05, 3.63) is 72.3 Å². The van der Waals surface area contributed by atoms with Crippen LogP contribution in [0.1, 0.15) is 25.3 Å². The fourth-order valence-corrected chi connectivity index (χ4v) is 5.54. The lowest BCUT2D eigenvalue weighted by atomic mass is 10.0. The Balaban J connectivity index is 1.40. The predicted octanol–water partition coefficient (Wildman–Crippen LogP) is 5.23. The molecule has 5 heterocycles. The lowest BCUT2D eigenvalue weighted by Crippen LogP contribution is -2.10. The van der Waals surface area contributed by atoms with Gasteiger partial charge in [0.15, 0.2) is 11.6 Å². The second-order valence-electron chi connectivity index (χ2n) is 10.4. The zero-order valence-corrected chi connectivity index (χ0v) is 24.5. The molecule has 3 N–H and O–H groups in total. The highest BCUT2D eigenvalue weighted by Crippen LogP contribution is 2.34. The average Bonchev–Trinajstić information content (AvgIpc) is 3.61. The normalized spacial score (nSPS) is 11.8. The number of pyridine rings is 3. The number of fused-ring (bicyclic) bond motifs is 2. The number of hydrogen-bond donors (Lipinski definition) is 3. The van der Waals surface area contributed by atoms with Crippen LogP contribution in [0.3, 0.4) is 0 Å². The predicted molar refractivity (Wildman–Crippen MR) is 162 cm³/mol. The molecule has 6 aromatic rings. The fourth-order valence-electron chi connectivity index (χ4n) is 4.93. The van der Waals surface area contributed by atoms with Crippen molar-refractivity contribution in [1.82, 2.24) is 35.1 Å². The molecule has 11 nitrogen and oxygen atoms in total. The van der Waals surface area contributed by atoms with Crippen LogP contribution in [0.25, 0.3) is 56.0 Å². The van der Waals surface area contributed by atoms with Gasteiger partial charge >= 0.3 is 0 Å². The van der Waals surface area contributed by atoms with E-state index in [9.17, 15) is 17.6 Å². The number of nitrogens with zero attached hydrogens (tertiary/aromatic N) is 5. The van der Waals surface area contributed by atoms with Gasteiger partial charge in [0, 0.05) is 36.2 Å². The van der Waals surface area contributed by atoms with Crippen LogP contribution in [0.15, 0.2) is 55.1 Å². The second kappa shape index (κ2) is 11.5. The molecule has 0 fully saturated rings. The topological polar surface area (TPSA) is 159 Å². The Labute approximate surface area is 250 Å². The number of sulfone groups is 1. The zero-order chi connectivity index (χ0) is 31.0. The summed E-state index contributed by atoms with van der Waals surface area (Å²) in [4.78, 5) is 32.7. The molecule has 44 heavy (non-hydrogen) atoms. The zero-order valence-electron chi connectivity index (χ0n) is 23.6. The Kier molecular flexibility index (Phi) is 7.59. The summed E-state index contributed by atoms with van der Waals surface area (Å²) in [5, 5.41) is 9.98. The number of aromatic nitrogens is 7. The number of nitrogens with one attached hydrogen (secondary N) is 3. The van der Waals surface area contributed by atoms with Gasteiger partial charge < -0.3 is 10.3 Å². The summed E-state index contributed by atoms with van der Waals surface area (Å²) in [6.45, 7) is 1.90. The van der Waals surface area contributed by atoms with Crippen molar-refractivity contribution in [2.24, 2.45) is 0 Å². The van der Waals surface area contributed by atoms with Crippen LogP contribution in [0.2, 0.25) is 0 Å². The minimum absolute atomic E-state index is 0.0130. The number of hydrogen-bond acceptors (Lipinski definition) is 8. The summed E-state index contributed by atoms with van der Waals surface area (Å²) in [6.07, 6.45) is 8.22. The minimum atomic E-state index is -3.24. The minimum Gasteiger partial charge on any atom is -0.336 e. The quantitative estimate of drug-likeness (QED) is 0.199. The third-order valence-electron chi connectivity index (χ3n) is 6.93. The largest absolute Gasteiger partial charge is 0.336 e. The molecule has 224 valence electrons. The molecule has 0 atom stereocenters. The number of carbonyl (C=O) groups excluding carboxylic acids is 1. The van der Waals surface area contributed by atoms with Gasteiger partial charge in [-0.1, -0.05) is 6.92 Å². The van der Waals surface area contributed by atoms with Crippen LogP contribution in [0.5, 0.6) is 0 Å². The van der Waals surface area contributed by atoms with E-state index in [1.165, 1.54) is 36.9 Å². The first kappa shape index (κ1) is 29.0. The summed E-state index contributed by atoms with van der Waals surface area (Å²) >= 11 is 0. The number of amides is 1. The molecule has 0 saturated carbocycles. The first-order chi connectivity index (χ1) is 21.1. The maximum absolute atomic E-state index is 16.1. The van der Waals surface area contributed by atoms with Gasteiger partial charge in [0.2, 0.25) is 5.91 Å². The van der Waals surface area contributed by atoms with E-state index in [-0.39, 0.29) is 40.7 Å². The molecule has 5 aromatic heterocycles. The molecular weight excluding hydrogens is 590 g/mol. The Morgan fingerprint density at radius 2 is 1.82 bits per heavy atom. The van der Waals surface area contributed by atoms with Gasteiger partial charge in [0.1, 0.15) is 32.6 Å². The molecule has 0 aliphatic heterocycles. The van der Waals surface area contributed by atoms with E-state index in [0.717, 1.165) is 6.26 Å². The third-order valence-corrected chi connectivity index (χ3v) is 7.88. The summed E-state index contributed by atoms with van der Waals surface area (Å²) in [5.74, 6) is -1.25. The number of halogens is 2. The van der Waals surface area contributed by atoms with E-state index in [4.69, 9.17) is 0 Å². The van der Waals surface area contributed by atoms with Gasteiger partial charge in [-0.15, -0.1) is 0 Å². The Hall–Kier alpha value is -5.11. The van der Waals surface area contributed by atoms with Crippen molar-refractivity contribution in [1.29, 1.82) is 0 Å². The smallest absolute Gasteiger partial charge is 0.224 e. The van der Waals surface area contributed by atoms with Crippen LogP contribution >= 0.6 is 0 Å². The maximum atomic E-state index is 16.1. The lowest BCUT2D eigenvalue weighted by molar-refractivity contribution is -0.116. The van der Waals surface area contributed by atoms with Crippen LogP contribution < -0.4 is 5.32 Å². The monoisotopic (exact) mass is 616 g/mol. The summed E-state index contributed by atoms with van der Waals surface area (Å²) in [6, 6.07) is 7.55. The highest BCUT2D eigenvalue weighted by molar-refractivity contribution is 7.90. The van der Waals surface area contributed by atoms with E-state index in [1.54, 1.807) is 18.2 Å². The summed E-state index contributed by atoms with van der Waals surface area (Å²) in [7, 11) is -3.24. The highest BCUT2D eigenvalue weighted by atomic mass is 32.2. The second-order valence-corrected chi connectivity index (χ2v) is 12.7. The molecule has 1 aromatic carbocycles. The number of anilines is 1. The summed E-state index contributed by atoms with van der Waals surface area (Å²) in [5.41, 5.74) is 3.55. The van der Waals surface area contributed by atoms with Crippen LogP contribution in [-0.2, 0) is 21.1 Å². The number of imidazole rings is 1. The summed E-state index contributed by atoms with van der Waals surface area (Å²) < 4.78 is 54.0. The Morgan fingerprint density at radius 3 is 2.61 bits per heavy atom. The number of rotatable bonds is 9. The molecular formula is C30H26F2N8O3S. The van der Waals surface area contributed by atoms with Gasteiger partial charge in [-0.2, -0.15) is 5.10 Å². The molecule has 0 saturated heterocycles. The molecule has 0 radical (unpaired) electrons. The Bertz CT molecular complexity index is 2160. The maximum Gasteiger partial charge on any atom is 0.224 e.